The highest BCUT2D eigenvalue weighted by molar-refractivity contribution is 6.00. The summed E-state index contributed by atoms with van der Waals surface area (Å²) >= 11 is 0. The zero-order chi connectivity index (χ0) is 22.8. The van der Waals surface area contributed by atoms with Crippen LogP contribution < -0.4 is 9.64 Å². The Labute approximate surface area is 184 Å². The van der Waals surface area contributed by atoms with Crippen molar-refractivity contribution in [3.05, 3.63) is 59.7 Å². The van der Waals surface area contributed by atoms with Crippen molar-refractivity contribution >= 4 is 23.4 Å². The van der Waals surface area contributed by atoms with Gasteiger partial charge in [-0.2, -0.15) is 0 Å². The van der Waals surface area contributed by atoms with E-state index < -0.39 is 23.5 Å². The highest BCUT2D eigenvalue weighted by Crippen LogP contribution is 2.28. The number of halogens is 2. The Kier molecular flexibility index (Phi) is 6.07. The van der Waals surface area contributed by atoms with Gasteiger partial charge in [-0.3, -0.25) is 14.4 Å². The molecule has 2 saturated heterocycles. The van der Waals surface area contributed by atoms with E-state index in [1.807, 2.05) is 0 Å². The summed E-state index contributed by atoms with van der Waals surface area (Å²) in [4.78, 5) is 42.8. The lowest BCUT2D eigenvalue weighted by atomic mass is 10.1. The Hall–Kier alpha value is -3.49. The molecule has 4 rings (SSSR count). The molecule has 3 amide bonds. The van der Waals surface area contributed by atoms with Crippen LogP contribution in [0.15, 0.2) is 42.5 Å². The predicted molar refractivity (Wildman–Crippen MR) is 112 cm³/mol. The Morgan fingerprint density at radius 2 is 1.59 bits per heavy atom. The Morgan fingerprint density at radius 3 is 2.22 bits per heavy atom. The number of hydrogen-bond acceptors (Lipinski definition) is 4. The lowest BCUT2D eigenvalue weighted by molar-refractivity contribution is -0.137. The standard InChI is InChI=1S/C23H23F2N3O4/c1-32-18-5-3-17(4-6-18)28-14-16(13-21(28)29)23(31)27-10-8-26(9-11-27)22(30)15-2-7-19(24)20(25)12-15/h2-7,12,16H,8-11,13-14H2,1H3. The van der Waals surface area contributed by atoms with Crippen LogP contribution in [0.3, 0.4) is 0 Å². The SMILES string of the molecule is COc1ccc(N2CC(C(=O)N3CCN(C(=O)c4ccc(F)c(F)c4)CC3)CC2=O)cc1. The molecule has 0 radical (unpaired) electrons. The first-order valence-corrected chi connectivity index (χ1v) is 10.3. The minimum atomic E-state index is -1.07. The first-order valence-electron chi connectivity index (χ1n) is 10.3. The van der Waals surface area contributed by atoms with Gasteiger partial charge in [-0.05, 0) is 42.5 Å². The zero-order valence-corrected chi connectivity index (χ0v) is 17.6. The molecule has 1 unspecified atom stereocenters. The number of rotatable bonds is 4. The number of nitrogens with zero attached hydrogens (tertiary/aromatic N) is 3. The van der Waals surface area contributed by atoms with Crippen LogP contribution in [0.2, 0.25) is 0 Å². The van der Waals surface area contributed by atoms with E-state index in [2.05, 4.69) is 0 Å². The van der Waals surface area contributed by atoms with E-state index in [1.165, 1.54) is 11.0 Å². The maximum atomic E-state index is 13.4. The third-order valence-electron chi connectivity index (χ3n) is 5.90. The molecule has 2 aromatic carbocycles. The minimum absolute atomic E-state index is 0.0696. The molecule has 0 aromatic heterocycles. The molecule has 168 valence electrons. The number of methoxy groups -OCH3 is 1. The van der Waals surface area contributed by atoms with Crippen LogP contribution in [-0.2, 0) is 9.59 Å². The number of piperazine rings is 1. The van der Waals surface area contributed by atoms with E-state index >= 15 is 0 Å². The summed E-state index contributed by atoms with van der Waals surface area (Å²) in [6.07, 6.45) is 0.138. The van der Waals surface area contributed by atoms with Gasteiger partial charge in [-0.15, -0.1) is 0 Å². The van der Waals surface area contributed by atoms with Gasteiger partial charge in [0.15, 0.2) is 11.6 Å². The third kappa shape index (κ3) is 4.28. The molecule has 0 bridgehead atoms. The van der Waals surface area contributed by atoms with Gasteiger partial charge in [0.1, 0.15) is 5.75 Å². The van der Waals surface area contributed by atoms with Gasteiger partial charge in [-0.1, -0.05) is 0 Å². The van der Waals surface area contributed by atoms with Crippen LogP contribution in [0.4, 0.5) is 14.5 Å². The average Bonchev–Trinajstić information content (AvgIpc) is 3.21. The molecule has 1 atom stereocenters. The van der Waals surface area contributed by atoms with E-state index in [0.717, 1.165) is 12.1 Å². The summed E-state index contributed by atoms with van der Waals surface area (Å²) in [5.41, 5.74) is 0.785. The van der Waals surface area contributed by atoms with E-state index in [1.54, 1.807) is 41.2 Å². The fourth-order valence-corrected chi connectivity index (χ4v) is 4.08. The fourth-order valence-electron chi connectivity index (χ4n) is 4.08. The van der Waals surface area contributed by atoms with Gasteiger partial charge in [0.25, 0.3) is 5.91 Å². The smallest absolute Gasteiger partial charge is 0.254 e. The molecule has 9 heteroatoms. The highest BCUT2D eigenvalue weighted by atomic mass is 19.2. The number of anilines is 1. The van der Waals surface area contributed by atoms with Crippen LogP contribution in [0.1, 0.15) is 16.8 Å². The second kappa shape index (κ2) is 8.94. The van der Waals surface area contributed by atoms with E-state index in [4.69, 9.17) is 4.74 Å². The summed E-state index contributed by atoms with van der Waals surface area (Å²) in [6, 6.07) is 10.2. The van der Waals surface area contributed by atoms with Crippen molar-refractivity contribution < 1.29 is 27.9 Å². The molecule has 2 aromatic rings. The quantitative estimate of drug-likeness (QED) is 0.727. The number of carbonyl (C=O) groups excluding carboxylic acids is 3. The van der Waals surface area contributed by atoms with Crippen molar-refractivity contribution in [1.29, 1.82) is 0 Å². The summed E-state index contributed by atoms with van der Waals surface area (Å²) in [6.45, 7) is 1.51. The molecule has 0 N–H and O–H groups in total. The number of carbonyl (C=O) groups is 3. The molecule has 0 saturated carbocycles. The van der Waals surface area contributed by atoms with Crippen molar-refractivity contribution in [3.8, 4) is 5.75 Å². The van der Waals surface area contributed by atoms with Crippen LogP contribution in [-0.4, -0.2) is 67.4 Å². The maximum absolute atomic E-state index is 13.4. The summed E-state index contributed by atoms with van der Waals surface area (Å²) < 4.78 is 31.7. The third-order valence-corrected chi connectivity index (χ3v) is 5.90. The monoisotopic (exact) mass is 443 g/mol. The summed E-state index contributed by atoms with van der Waals surface area (Å²) in [5.74, 6) is -2.47. The molecule has 2 heterocycles. The van der Waals surface area contributed by atoms with Crippen LogP contribution in [0.25, 0.3) is 0 Å². The van der Waals surface area contributed by atoms with Crippen LogP contribution >= 0.6 is 0 Å². The highest BCUT2D eigenvalue weighted by Gasteiger charge is 2.38. The van der Waals surface area contributed by atoms with Gasteiger partial charge in [-0.25, -0.2) is 8.78 Å². The largest absolute Gasteiger partial charge is 0.497 e. The van der Waals surface area contributed by atoms with Crippen LogP contribution in [0, 0.1) is 17.6 Å². The number of benzene rings is 2. The number of amides is 3. The topological polar surface area (TPSA) is 70.2 Å². The minimum Gasteiger partial charge on any atom is -0.497 e. The number of hydrogen-bond donors (Lipinski definition) is 0. The van der Waals surface area contributed by atoms with Gasteiger partial charge in [0.05, 0.1) is 13.0 Å². The molecule has 0 aliphatic carbocycles. The van der Waals surface area contributed by atoms with Gasteiger partial charge in [0.2, 0.25) is 11.8 Å². The normalized spacial score (nSPS) is 18.8. The van der Waals surface area contributed by atoms with Crippen molar-refractivity contribution in [2.45, 2.75) is 6.42 Å². The Morgan fingerprint density at radius 1 is 0.938 bits per heavy atom. The summed E-state index contributed by atoms with van der Waals surface area (Å²) in [7, 11) is 1.57. The molecule has 2 fully saturated rings. The van der Waals surface area contributed by atoms with Crippen LogP contribution in [0.5, 0.6) is 5.75 Å². The molecular formula is C23H23F2N3O4. The van der Waals surface area contributed by atoms with E-state index in [9.17, 15) is 23.2 Å². The zero-order valence-electron chi connectivity index (χ0n) is 17.6. The Bertz CT molecular complexity index is 1040. The predicted octanol–water partition coefficient (Wildman–Crippen LogP) is 2.31. The summed E-state index contributed by atoms with van der Waals surface area (Å²) in [5, 5.41) is 0. The Balaban J connectivity index is 1.34. The molecule has 7 nitrogen and oxygen atoms in total. The second-order valence-corrected chi connectivity index (χ2v) is 7.85. The first-order chi connectivity index (χ1) is 15.4. The fraction of sp³-hybridized carbons (Fsp3) is 0.348. The number of ether oxygens (including phenoxy) is 1. The van der Waals surface area contributed by atoms with Gasteiger partial charge < -0.3 is 19.4 Å². The van der Waals surface area contributed by atoms with Gasteiger partial charge >= 0.3 is 0 Å². The second-order valence-electron chi connectivity index (χ2n) is 7.85. The average molecular weight is 443 g/mol. The first kappa shape index (κ1) is 21.7. The van der Waals surface area contributed by atoms with Crippen molar-refractivity contribution in [2.24, 2.45) is 5.92 Å². The van der Waals surface area contributed by atoms with Crippen molar-refractivity contribution in [1.82, 2.24) is 9.80 Å². The molecular weight excluding hydrogens is 420 g/mol. The maximum Gasteiger partial charge on any atom is 0.254 e. The molecule has 0 spiro atoms. The lowest BCUT2D eigenvalue weighted by Gasteiger charge is -2.36. The molecule has 2 aliphatic rings. The van der Waals surface area contributed by atoms with Crippen molar-refractivity contribution in [2.75, 3.05) is 44.7 Å². The van der Waals surface area contributed by atoms with E-state index in [0.29, 0.717) is 31.1 Å². The van der Waals surface area contributed by atoms with Crippen molar-refractivity contribution in [3.63, 3.8) is 0 Å². The molecule has 32 heavy (non-hydrogen) atoms. The van der Waals surface area contributed by atoms with E-state index in [-0.39, 0.29) is 36.9 Å². The molecule has 2 aliphatic heterocycles. The van der Waals surface area contributed by atoms with Gasteiger partial charge in [0, 0.05) is 50.4 Å². The lowest BCUT2D eigenvalue weighted by Crippen LogP contribution is -2.52.